The molecule has 0 radical (unpaired) electrons. The first-order valence-electron chi connectivity index (χ1n) is 19.3. The summed E-state index contributed by atoms with van der Waals surface area (Å²) in [4.78, 5) is 16.0. The van der Waals surface area contributed by atoms with Crippen molar-refractivity contribution in [1.82, 2.24) is 9.38 Å². The number of alkyl halides is 1. The minimum absolute atomic E-state index is 0.205. The number of hydrogen-bond acceptors (Lipinski definition) is 2. The lowest BCUT2D eigenvalue weighted by atomic mass is 9.83. The van der Waals surface area contributed by atoms with Crippen molar-refractivity contribution in [3.63, 3.8) is 0 Å². The van der Waals surface area contributed by atoms with Gasteiger partial charge in [-0.2, -0.15) is 0 Å². The van der Waals surface area contributed by atoms with E-state index in [4.69, 9.17) is 4.98 Å². The van der Waals surface area contributed by atoms with Gasteiger partial charge in [0.15, 0.2) is 0 Å². The third-order valence-corrected chi connectivity index (χ3v) is 11.2. The average molecular weight is 760 g/mol. The van der Waals surface area contributed by atoms with E-state index in [1.54, 1.807) is 0 Å². The summed E-state index contributed by atoms with van der Waals surface area (Å²) in [7, 11) is 0. The second kappa shape index (κ2) is 16.1. The second-order valence-electron chi connectivity index (χ2n) is 16.5. The fourth-order valence-corrected chi connectivity index (χ4v) is 8.11. The van der Waals surface area contributed by atoms with Crippen LogP contribution in [0.4, 0.5) is 0 Å². The SMILES string of the molecule is CC(C)c1cc(C(C)C)c(C(Br)C=O)c(C(C)C)c1.Cc1ccc2c(c1)c1ccccc1c1ncc(-c3c(C(C)C)cc(C(C)C)cc3C(C)C)n21. The van der Waals surface area contributed by atoms with Gasteiger partial charge in [0.2, 0.25) is 0 Å². The average Bonchev–Trinajstić information content (AvgIpc) is 3.55. The summed E-state index contributed by atoms with van der Waals surface area (Å²) in [6, 6.07) is 24.9. The van der Waals surface area contributed by atoms with E-state index in [9.17, 15) is 4.79 Å². The lowest BCUT2D eigenvalue weighted by Gasteiger charge is -2.24. The molecule has 0 amide bonds. The van der Waals surface area contributed by atoms with E-state index in [1.807, 2.05) is 0 Å². The van der Waals surface area contributed by atoms with Gasteiger partial charge in [-0.25, -0.2) is 4.98 Å². The Hall–Kier alpha value is -3.76. The number of carbonyl (C=O) groups excluding carboxylic acids is 1. The second-order valence-corrected chi connectivity index (χ2v) is 17.5. The van der Waals surface area contributed by atoms with Crippen LogP contribution in [-0.4, -0.2) is 15.7 Å². The van der Waals surface area contributed by atoms with Crippen molar-refractivity contribution in [2.24, 2.45) is 0 Å². The molecule has 3 nitrogen and oxygen atoms in total. The summed E-state index contributed by atoms with van der Waals surface area (Å²) in [6.07, 6.45) is 3.09. The molecule has 0 fully saturated rings. The molecule has 0 saturated heterocycles. The van der Waals surface area contributed by atoms with E-state index in [0.29, 0.717) is 35.5 Å². The summed E-state index contributed by atoms with van der Waals surface area (Å²) in [6.45, 7) is 29.2. The van der Waals surface area contributed by atoms with Gasteiger partial charge in [-0.05, 0) is 98.9 Å². The van der Waals surface area contributed by atoms with Gasteiger partial charge in [-0.1, -0.05) is 159 Å². The minimum Gasteiger partial charge on any atom is -0.302 e. The number of aldehydes is 1. The number of imidazole rings is 1. The molecule has 1 atom stereocenters. The van der Waals surface area contributed by atoms with Crippen LogP contribution in [0, 0.1) is 6.92 Å². The molecule has 2 aromatic heterocycles. The molecule has 4 heteroatoms. The Kier molecular flexibility index (Phi) is 12.2. The first-order valence-corrected chi connectivity index (χ1v) is 20.2. The molecule has 52 heavy (non-hydrogen) atoms. The Labute approximate surface area is 321 Å². The third-order valence-electron chi connectivity index (χ3n) is 10.6. The third kappa shape index (κ3) is 7.65. The zero-order valence-corrected chi connectivity index (χ0v) is 35.3. The van der Waals surface area contributed by atoms with Gasteiger partial charge >= 0.3 is 0 Å². The minimum atomic E-state index is -0.205. The summed E-state index contributed by atoms with van der Waals surface area (Å²) >= 11 is 3.52. The molecule has 0 aliphatic rings. The zero-order valence-electron chi connectivity index (χ0n) is 33.7. The number of aromatic nitrogens is 2. The van der Waals surface area contributed by atoms with Gasteiger partial charge in [0.25, 0.3) is 0 Å². The van der Waals surface area contributed by atoms with Crippen LogP contribution in [0.5, 0.6) is 0 Å². The van der Waals surface area contributed by atoms with Gasteiger partial charge < -0.3 is 4.79 Å². The van der Waals surface area contributed by atoms with Crippen molar-refractivity contribution in [1.29, 1.82) is 0 Å². The number of hydrogen-bond donors (Lipinski definition) is 0. The quantitative estimate of drug-likeness (QED) is 0.0836. The predicted octanol–water partition coefficient (Wildman–Crippen LogP) is 14.7. The number of rotatable bonds is 9. The topological polar surface area (TPSA) is 34.4 Å². The summed E-state index contributed by atoms with van der Waals surface area (Å²) in [5.41, 5.74) is 15.5. The lowest BCUT2D eigenvalue weighted by Crippen LogP contribution is -2.08. The maximum absolute atomic E-state index is 11.2. The van der Waals surface area contributed by atoms with Crippen molar-refractivity contribution < 1.29 is 4.79 Å². The maximum Gasteiger partial charge on any atom is 0.145 e. The highest BCUT2D eigenvalue weighted by atomic mass is 79.9. The molecule has 1 unspecified atom stereocenters. The van der Waals surface area contributed by atoms with Crippen LogP contribution >= 0.6 is 15.9 Å². The Bertz CT molecular complexity index is 2160. The largest absolute Gasteiger partial charge is 0.302 e. The van der Waals surface area contributed by atoms with Crippen molar-refractivity contribution in [2.75, 3.05) is 0 Å². The molecule has 4 aromatic carbocycles. The standard InChI is InChI=1S/C31H34N2.C17H25BrO/c1-18(2)22-15-25(19(3)4)30(26(16-22)20(5)6)29-17-32-31-24-11-9-8-10-23(24)27-14-21(7)12-13-28(27)33(29)31;1-10(2)13-7-14(11(3)4)17(16(18)9-19)15(8-13)12(5)6/h8-20H,1-7H3;7-12,16H,1-6H3. The molecule has 0 bridgehead atoms. The number of pyridine rings is 1. The number of carbonyl (C=O) groups is 1. The number of halogens is 1. The molecule has 0 aliphatic carbocycles. The van der Waals surface area contributed by atoms with Crippen molar-refractivity contribution in [3.8, 4) is 11.3 Å². The first kappa shape index (κ1) is 39.4. The van der Waals surface area contributed by atoms with Crippen LogP contribution in [0.3, 0.4) is 0 Å². The fourth-order valence-electron chi connectivity index (χ4n) is 7.59. The van der Waals surface area contributed by atoms with Crippen LogP contribution < -0.4 is 0 Å². The van der Waals surface area contributed by atoms with Crippen molar-refractivity contribution >= 4 is 49.5 Å². The summed E-state index contributed by atoms with van der Waals surface area (Å²) in [5, 5.41) is 3.76. The number of nitrogens with zero attached hydrogens (tertiary/aromatic N) is 2. The molecule has 0 N–H and O–H groups in total. The van der Waals surface area contributed by atoms with E-state index >= 15 is 0 Å². The molecule has 2 heterocycles. The number of aryl methyl sites for hydroxylation is 1. The molecule has 6 aromatic rings. The number of benzene rings is 4. The molecule has 0 spiro atoms. The smallest absolute Gasteiger partial charge is 0.145 e. The Morgan fingerprint density at radius 2 is 1.08 bits per heavy atom. The molecular weight excluding hydrogens is 700 g/mol. The Morgan fingerprint density at radius 3 is 1.54 bits per heavy atom. The maximum atomic E-state index is 11.2. The predicted molar refractivity (Wildman–Crippen MR) is 229 cm³/mol. The van der Waals surface area contributed by atoms with E-state index in [0.717, 1.165) is 11.9 Å². The summed E-state index contributed by atoms with van der Waals surface area (Å²) < 4.78 is 2.40. The lowest BCUT2D eigenvalue weighted by molar-refractivity contribution is -0.107. The van der Waals surface area contributed by atoms with Gasteiger partial charge in [-0.3, -0.25) is 4.40 Å². The van der Waals surface area contributed by atoms with Crippen LogP contribution in [-0.2, 0) is 4.79 Å². The summed E-state index contributed by atoms with van der Waals surface area (Å²) in [5.74, 6) is 2.71. The number of fused-ring (bicyclic) bond motifs is 6. The van der Waals surface area contributed by atoms with E-state index in [1.165, 1.54) is 77.4 Å². The zero-order chi connectivity index (χ0) is 38.2. The first-order chi connectivity index (χ1) is 24.6. The molecule has 0 saturated carbocycles. The Balaban J connectivity index is 0.000000235. The molecular formula is C48H59BrN2O. The van der Waals surface area contributed by atoms with E-state index < -0.39 is 0 Å². The van der Waals surface area contributed by atoms with Gasteiger partial charge in [0.05, 0.1) is 22.2 Å². The molecule has 0 aliphatic heterocycles. The van der Waals surface area contributed by atoms with Crippen molar-refractivity contribution in [3.05, 3.63) is 117 Å². The highest BCUT2D eigenvalue weighted by molar-refractivity contribution is 9.09. The fraction of sp³-hybridized carbons (Fsp3) is 0.417. The van der Waals surface area contributed by atoms with Gasteiger partial charge in [0.1, 0.15) is 11.9 Å². The highest BCUT2D eigenvalue weighted by Gasteiger charge is 2.24. The monoisotopic (exact) mass is 758 g/mol. The molecule has 274 valence electrons. The normalized spacial score (nSPS) is 12.7. The van der Waals surface area contributed by atoms with Crippen LogP contribution in [0.2, 0.25) is 0 Å². The Morgan fingerprint density at radius 1 is 0.596 bits per heavy atom. The van der Waals surface area contributed by atoms with Gasteiger partial charge in [0, 0.05) is 16.3 Å². The molecule has 6 rings (SSSR count). The van der Waals surface area contributed by atoms with E-state index in [2.05, 4.69) is 183 Å². The van der Waals surface area contributed by atoms with Crippen LogP contribution in [0.1, 0.15) is 168 Å². The van der Waals surface area contributed by atoms with Crippen LogP contribution in [0.15, 0.2) is 72.9 Å². The van der Waals surface area contributed by atoms with E-state index in [-0.39, 0.29) is 4.83 Å². The van der Waals surface area contributed by atoms with Crippen molar-refractivity contribution in [2.45, 2.75) is 130 Å². The highest BCUT2D eigenvalue weighted by Crippen LogP contribution is 2.42. The van der Waals surface area contributed by atoms with Gasteiger partial charge in [-0.15, -0.1) is 0 Å². The van der Waals surface area contributed by atoms with Crippen LogP contribution in [0.25, 0.3) is 38.6 Å².